The number of hydrogen-bond acceptors (Lipinski definition) is 4. The van der Waals surface area contributed by atoms with E-state index in [1.807, 2.05) is 6.07 Å². The van der Waals surface area contributed by atoms with E-state index in [-0.39, 0.29) is 18.0 Å². The van der Waals surface area contributed by atoms with Crippen molar-refractivity contribution in [1.29, 1.82) is 0 Å². The lowest BCUT2D eigenvalue weighted by molar-refractivity contribution is -0.118. The Kier molecular flexibility index (Phi) is 4.28. The van der Waals surface area contributed by atoms with Crippen LogP contribution in [0.4, 0.5) is 5.82 Å². The molecule has 0 unspecified atom stereocenters. The second-order valence-electron chi connectivity index (χ2n) is 3.88. The number of carboxylic acids is 1. The Hall–Kier alpha value is -2.89. The molecule has 0 spiro atoms. The predicted octanol–water partition coefficient (Wildman–Crippen LogP) is 1.80. The number of para-hydroxylation sites is 1. The Morgan fingerprint density at radius 2 is 1.95 bits per heavy atom. The smallest absolute Gasteiger partial charge is 0.335 e. The predicted molar refractivity (Wildman–Crippen MR) is 71.8 cm³/mol. The van der Waals surface area contributed by atoms with Crippen LogP contribution in [0.5, 0.6) is 5.75 Å². The second-order valence-corrected chi connectivity index (χ2v) is 3.88. The summed E-state index contributed by atoms with van der Waals surface area (Å²) >= 11 is 0. The molecule has 2 rings (SSSR count). The van der Waals surface area contributed by atoms with Gasteiger partial charge in [0, 0.05) is 6.20 Å². The van der Waals surface area contributed by atoms with E-state index in [1.54, 1.807) is 24.3 Å². The van der Waals surface area contributed by atoms with Gasteiger partial charge in [-0.1, -0.05) is 18.2 Å². The minimum absolute atomic E-state index is 0.0549. The number of ether oxygens (including phenoxy) is 1. The van der Waals surface area contributed by atoms with Gasteiger partial charge >= 0.3 is 5.97 Å². The van der Waals surface area contributed by atoms with Gasteiger partial charge in [-0.3, -0.25) is 4.79 Å². The summed E-state index contributed by atoms with van der Waals surface area (Å²) in [4.78, 5) is 26.3. The molecule has 6 heteroatoms. The highest BCUT2D eigenvalue weighted by atomic mass is 16.5. The molecule has 0 radical (unpaired) electrons. The van der Waals surface area contributed by atoms with Crippen LogP contribution in [0.15, 0.2) is 48.7 Å². The molecule has 2 N–H and O–H groups in total. The van der Waals surface area contributed by atoms with Gasteiger partial charge in [0.2, 0.25) is 0 Å². The number of carbonyl (C=O) groups is 2. The molecule has 20 heavy (non-hydrogen) atoms. The normalized spacial score (nSPS) is 9.80. The maximum atomic E-state index is 11.6. The molecular formula is C14H12N2O4. The molecule has 1 aromatic heterocycles. The molecule has 1 heterocycles. The number of hydrogen-bond donors (Lipinski definition) is 2. The van der Waals surface area contributed by atoms with E-state index >= 15 is 0 Å². The van der Waals surface area contributed by atoms with Gasteiger partial charge in [0.15, 0.2) is 6.61 Å². The van der Waals surface area contributed by atoms with E-state index in [1.165, 1.54) is 18.3 Å². The largest absolute Gasteiger partial charge is 0.484 e. The van der Waals surface area contributed by atoms with Crippen molar-refractivity contribution in [3.8, 4) is 5.75 Å². The molecule has 0 aliphatic carbocycles. The number of carboxylic acid groups (broad SMARTS) is 1. The van der Waals surface area contributed by atoms with Crippen molar-refractivity contribution in [3.63, 3.8) is 0 Å². The first-order valence-corrected chi connectivity index (χ1v) is 5.82. The van der Waals surface area contributed by atoms with Crippen molar-refractivity contribution in [2.75, 3.05) is 11.9 Å². The number of benzene rings is 1. The number of amides is 1. The zero-order valence-corrected chi connectivity index (χ0v) is 10.4. The molecule has 0 saturated heterocycles. The highest BCUT2D eigenvalue weighted by Crippen LogP contribution is 2.09. The minimum atomic E-state index is -1.08. The first kappa shape index (κ1) is 13.5. The molecule has 1 amide bonds. The Bertz CT molecular complexity index is 614. The fourth-order valence-corrected chi connectivity index (χ4v) is 1.48. The maximum absolute atomic E-state index is 11.6. The summed E-state index contributed by atoms with van der Waals surface area (Å²) in [5.74, 6) is -0.742. The third-order valence-corrected chi connectivity index (χ3v) is 2.39. The highest BCUT2D eigenvalue weighted by molar-refractivity contribution is 5.93. The number of aromatic carboxylic acids is 1. The van der Waals surface area contributed by atoms with Gasteiger partial charge in [-0.05, 0) is 24.3 Å². The summed E-state index contributed by atoms with van der Waals surface area (Å²) in [6.07, 6.45) is 1.32. The van der Waals surface area contributed by atoms with Gasteiger partial charge in [0.1, 0.15) is 11.6 Å². The molecule has 6 nitrogen and oxygen atoms in total. The zero-order chi connectivity index (χ0) is 14.4. The Labute approximate surface area is 115 Å². The first-order valence-electron chi connectivity index (χ1n) is 5.82. The Balaban J connectivity index is 1.91. The molecule has 0 saturated carbocycles. The highest BCUT2D eigenvalue weighted by Gasteiger charge is 2.07. The number of nitrogens with zero attached hydrogens (tertiary/aromatic N) is 1. The third-order valence-electron chi connectivity index (χ3n) is 2.39. The van der Waals surface area contributed by atoms with Crippen molar-refractivity contribution in [2.45, 2.75) is 0 Å². The Morgan fingerprint density at radius 1 is 1.20 bits per heavy atom. The van der Waals surface area contributed by atoms with Crippen LogP contribution in [0, 0.1) is 0 Å². The van der Waals surface area contributed by atoms with Gasteiger partial charge in [0.05, 0.1) is 5.56 Å². The number of aromatic nitrogens is 1. The summed E-state index contributed by atoms with van der Waals surface area (Å²) in [5, 5.41) is 11.3. The van der Waals surface area contributed by atoms with E-state index in [0.717, 1.165) is 0 Å². The number of anilines is 1. The number of nitrogens with one attached hydrogen (secondary N) is 1. The lowest BCUT2D eigenvalue weighted by Gasteiger charge is -2.07. The van der Waals surface area contributed by atoms with Gasteiger partial charge in [-0.15, -0.1) is 0 Å². The van der Waals surface area contributed by atoms with E-state index in [0.29, 0.717) is 5.75 Å². The van der Waals surface area contributed by atoms with E-state index in [4.69, 9.17) is 9.84 Å². The number of rotatable bonds is 5. The fourth-order valence-electron chi connectivity index (χ4n) is 1.48. The van der Waals surface area contributed by atoms with Crippen LogP contribution in [-0.4, -0.2) is 28.6 Å². The Morgan fingerprint density at radius 3 is 2.65 bits per heavy atom. The van der Waals surface area contributed by atoms with Gasteiger partial charge < -0.3 is 15.2 Å². The van der Waals surface area contributed by atoms with E-state index in [9.17, 15) is 9.59 Å². The molecule has 0 bridgehead atoms. The summed E-state index contributed by atoms with van der Waals surface area (Å²) in [7, 11) is 0. The average molecular weight is 272 g/mol. The summed E-state index contributed by atoms with van der Waals surface area (Å²) in [6, 6.07) is 11.5. The topological polar surface area (TPSA) is 88.5 Å². The lowest BCUT2D eigenvalue weighted by Crippen LogP contribution is -2.21. The van der Waals surface area contributed by atoms with Crippen LogP contribution in [-0.2, 0) is 4.79 Å². The molecule has 0 atom stereocenters. The fraction of sp³-hybridized carbons (Fsp3) is 0.0714. The lowest BCUT2D eigenvalue weighted by atomic mass is 10.2. The van der Waals surface area contributed by atoms with Gasteiger partial charge in [-0.25, -0.2) is 9.78 Å². The van der Waals surface area contributed by atoms with Gasteiger partial charge in [-0.2, -0.15) is 0 Å². The SMILES string of the molecule is O=C(COc1ccccc1)Nc1cc(C(=O)O)ccn1. The molecule has 2 aromatic rings. The number of carbonyl (C=O) groups excluding carboxylic acids is 1. The van der Waals surface area contributed by atoms with E-state index in [2.05, 4.69) is 10.3 Å². The number of pyridine rings is 1. The maximum Gasteiger partial charge on any atom is 0.335 e. The minimum Gasteiger partial charge on any atom is -0.484 e. The van der Waals surface area contributed by atoms with Gasteiger partial charge in [0.25, 0.3) is 5.91 Å². The molecule has 102 valence electrons. The molecular weight excluding hydrogens is 260 g/mol. The van der Waals surface area contributed by atoms with Crippen LogP contribution in [0.1, 0.15) is 10.4 Å². The van der Waals surface area contributed by atoms with Crippen molar-refractivity contribution in [1.82, 2.24) is 4.98 Å². The summed E-state index contributed by atoms with van der Waals surface area (Å²) < 4.78 is 5.26. The molecule has 0 fully saturated rings. The zero-order valence-electron chi connectivity index (χ0n) is 10.4. The van der Waals surface area contributed by atoms with Crippen LogP contribution in [0.25, 0.3) is 0 Å². The second kappa shape index (κ2) is 6.33. The van der Waals surface area contributed by atoms with Crippen LogP contribution in [0.3, 0.4) is 0 Å². The quantitative estimate of drug-likeness (QED) is 0.866. The van der Waals surface area contributed by atoms with E-state index < -0.39 is 11.9 Å². The average Bonchev–Trinajstić information content (AvgIpc) is 2.46. The van der Waals surface area contributed by atoms with Crippen LogP contribution >= 0.6 is 0 Å². The molecule has 0 aliphatic rings. The van der Waals surface area contributed by atoms with Crippen molar-refractivity contribution >= 4 is 17.7 Å². The summed E-state index contributed by atoms with van der Waals surface area (Å²) in [6.45, 7) is -0.178. The van der Waals surface area contributed by atoms with Crippen molar-refractivity contribution in [2.24, 2.45) is 0 Å². The van der Waals surface area contributed by atoms with Crippen molar-refractivity contribution < 1.29 is 19.4 Å². The standard InChI is InChI=1S/C14H12N2O4/c17-13(9-20-11-4-2-1-3-5-11)16-12-8-10(14(18)19)6-7-15-12/h1-8H,9H2,(H,18,19)(H,15,16,17). The molecule has 0 aliphatic heterocycles. The monoisotopic (exact) mass is 272 g/mol. The van der Waals surface area contributed by atoms with Crippen LogP contribution < -0.4 is 10.1 Å². The first-order chi connectivity index (χ1) is 9.65. The molecule has 1 aromatic carbocycles. The third kappa shape index (κ3) is 3.81. The summed E-state index contributed by atoms with van der Waals surface area (Å²) in [5.41, 5.74) is 0.0549. The van der Waals surface area contributed by atoms with Crippen molar-refractivity contribution in [3.05, 3.63) is 54.2 Å². The van der Waals surface area contributed by atoms with Crippen LogP contribution in [0.2, 0.25) is 0 Å².